The number of nitrogens with zero attached hydrogens (tertiary/aromatic N) is 5. The molecule has 1 saturated heterocycles. The van der Waals surface area contributed by atoms with Gasteiger partial charge in [-0.25, -0.2) is 4.68 Å². The van der Waals surface area contributed by atoms with Crippen LogP contribution in [0.25, 0.3) is 5.69 Å². The van der Waals surface area contributed by atoms with Crippen LogP contribution in [0.5, 0.6) is 0 Å². The predicted molar refractivity (Wildman–Crippen MR) is 117 cm³/mol. The van der Waals surface area contributed by atoms with Crippen molar-refractivity contribution in [1.29, 1.82) is 5.26 Å². The van der Waals surface area contributed by atoms with Crippen LogP contribution in [-0.2, 0) is 0 Å². The largest absolute Gasteiger partial charge is 0.336 e. The van der Waals surface area contributed by atoms with Crippen LogP contribution in [0.2, 0.25) is 10.0 Å². The number of nitriles is 1. The smallest absolute Gasteiger partial charge is 0.257 e. The van der Waals surface area contributed by atoms with Gasteiger partial charge in [0.2, 0.25) is 0 Å². The summed E-state index contributed by atoms with van der Waals surface area (Å²) in [5.74, 6) is 0.593. The Hall–Kier alpha value is -2.07. The molecule has 1 amide bonds. The van der Waals surface area contributed by atoms with Gasteiger partial charge in [0.1, 0.15) is 6.04 Å². The quantitative estimate of drug-likeness (QED) is 0.685. The van der Waals surface area contributed by atoms with E-state index < -0.39 is 0 Å². The summed E-state index contributed by atoms with van der Waals surface area (Å²) in [5.41, 5.74) is 2.32. The Balaban J connectivity index is 1.56. The summed E-state index contributed by atoms with van der Waals surface area (Å²) in [5, 5.41) is 15.1. The second kappa shape index (κ2) is 8.58. The maximum Gasteiger partial charge on any atom is 0.257 e. The number of benzene rings is 1. The molecule has 1 aromatic carbocycles. The SMILES string of the molecule is CC(C)C(C#N)N1CCN(C(=O)c2cnn(-c3ccc(Cl)cc3Cl)c2C2CC2)CC1. The molecule has 0 spiro atoms. The van der Waals surface area contributed by atoms with Crippen molar-refractivity contribution in [3.8, 4) is 11.8 Å². The molecule has 2 fully saturated rings. The Morgan fingerprint density at radius 1 is 1.20 bits per heavy atom. The van der Waals surface area contributed by atoms with E-state index in [1.54, 1.807) is 23.0 Å². The molecule has 30 heavy (non-hydrogen) atoms. The molecule has 0 N–H and O–H groups in total. The molecule has 1 unspecified atom stereocenters. The Kier molecular flexibility index (Phi) is 6.06. The summed E-state index contributed by atoms with van der Waals surface area (Å²) in [6.07, 6.45) is 3.76. The molecule has 2 aliphatic rings. The van der Waals surface area contributed by atoms with Gasteiger partial charge >= 0.3 is 0 Å². The van der Waals surface area contributed by atoms with Crippen molar-refractivity contribution in [2.45, 2.75) is 38.6 Å². The number of hydrogen-bond acceptors (Lipinski definition) is 4. The average molecular weight is 446 g/mol. The van der Waals surface area contributed by atoms with E-state index in [0.29, 0.717) is 47.7 Å². The number of halogens is 2. The number of carbonyl (C=O) groups is 1. The maximum atomic E-state index is 13.4. The topological polar surface area (TPSA) is 65.2 Å². The first kappa shape index (κ1) is 21.2. The van der Waals surface area contributed by atoms with Crippen molar-refractivity contribution >= 4 is 29.1 Å². The first-order valence-corrected chi connectivity index (χ1v) is 11.1. The minimum absolute atomic E-state index is 0.00550. The average Bonchev–Trinajstić information content (AvgIpc) is 3.47. The molecule has 1 aliphatic carbocycles. The van der Waals surface area contributed by atoms with Gasteiger partial charge in [0.15, 0.2) is 0 Å². The van der Waals surface area contributed by atoms with E-state index in [2.05, 4.69) is 29.9 Å². The lowest BCUT2D eigenvalue weighted by Crippen LogP contribution is -2.52. The maximum absolute atomic E-state index is 13.4. The zero-order valence-electron chi connectivity index (χ0n) is 17.2. The molecule has 6 nitrogen and oxygen atoms in total. The Morgan fingerprint density at radius 2 is 1.90 bits per heavy atom. The highest BCUT2D eigenvalue weighted by Gasteiger charge is 2.36. The molecule has 8 heteroatoms. The second-order valence-electron chi connectivity index (χ2n) is 8.37. The highest BCUT2D eigenvalue weighted by Crippen LogP contribution is 2.43. The summed E-state index contributed by atoms with van der Waals surface area (Å²) in [6.45, 7) is 6.75. The Labute approximate surface area is 187 Å². The summed E-state index contributed by atoms with van der Waals surface area (Å²) in [7, 11) is 0. The number of rotatable bonds is 5. The fourth-order valence-corrected chi connectivity index (χ4v) is 4.63. The van der Waals surface area contributed by atoms with E-state index >= 15 is 0 Å². The number of carbonyl (C=O) groups excluding carboxylic acids is 1. The summed E-state index contributed by atoms with van der Waals surface area (Å²) in [6, 6.07) is 7.60. The monoisotopic (exact) mass is 445 g/mol. The standard InChI is InChI=1S/C22H25Cl2N5O/c1-14(2)20(12-25)27-7-9-28(10-8-27)22(30)17-13-26-29(21(17)15-3-4-15)19-6-5-16(23)11-18(19)24/h5-6,11,13-15,20H,3-4,7-10H2,1-2H3. The molecular formula is C22H25Cl2N5O. The van der Waals surface area contributed by atoms with Gasteiger partial charge < -0.3 is 4.90 Å². The van der Waals surface area contributed by atoms with Crippen LogP contribution in [0.4, 0.5) is 0 Å². The molecule has 2 aromatic rings. The fourth-order valence-electron chi connectivity index (χ4n) is 4.14. The minimum atomic E-state index is -0.112. The van der Waals surface area contributed by atoms with Crippen molar-refractivity contribution in [3.05, 3.63) is 45.7 Å². The van der Waals surface area contributed by atoms with Gasteiger partial charge in [0.05, 0.1) is 34.2 Å². The van der Waals surface area contributed by atoms with Crippen molar-refractivity contribution in [1.82, 2.24) is 19.6 Å². The van der Waals surface area contributed by atoms with E-state index in [-0.39, 0.29) is 17.9 Å². The van der Waals surface area contributed by atoms with Crippen molar-refractivity contribution in [2.24, 2.45) is 5.92 Å². The third kappa shape index (κ3) is 4.07. The Morgan fingerprint density at radius 3 is 2.47 bits per heavy atom. The van der Waals surface area contributed by atoms with Crippen LogP contribution in [-0.4, -0.2) is 57.7 Å². The van der Waals surface area contributed by atoms with Crippen LogP contribution in [0, 0.1) is 17.2 Å². The minimum Gasteiger partial charge on any atom is -0.336 e. The molecule has 4 rings (SSSR count). The normalized spacial score (nSPS) is 18.5. The van der Waals surface area contributed by atoms with Crippen LogP contribution < -0.4 is 0 Å². The van der Waals surface area contributed by atoms with Gasteiger partial charge in [-0.15, -0.1) is 0 Å². The number of amides is 1. The predicted octanol–water partition coefficient (Wildman–Crippen LogP) is 4.36. The lowest BCUT2D eigenvalue weighted by molar-refractivity contribution is 0.0575. The highest BCUT2D eigenvalue weighted by atomic mass is 35.5. The third-order valence-corrected chi connectivity index (χ3v) is 6.44. The summed E-state index contributed by atoms with van der Waals surface area (Å²) < 4.78 is 1.80. The molecule has 0 radical (unpaired) electrons. The molecule has 2 heterocycles. The molecule has 1 aromatic heterocycles. The molecule has 158 valence electrons. The number of hydrogen-bond donors (Lipinski definition) is 0. The highest BCUT2D eigenvalue weighted by molar-refractivity contribution is 6.35. The van der Waals surface area contributed by atoms with E-state index in [1.807, 2.05) is 11.0 Å². The third-order valence-electron chi connectivity index (χ3n) is 5.90. The van der Waals surface area contributed by atoms with E-state index in [0.717, 1.165) is 24.2 Å². The van der Waals surface area contributed by atoms with Gasteiger partial charge in [-0.1, -0.05) is 37.0 Å². The molecule has 1 aliphatic heterocycles. The molecular weight excluding hydrogens is 421 g/mol. The van der Waals surface area contributed by atoms with Crippen molar-refractivity contribution in [2.75, 3.05) is 26.2 Å². The van der Waals surface area contributed by atoms with Crippen molar-refractivity contribution in [3.63, 3.8) is 0 Å². The van der Waals surface area contributed by atoms with Crippen LogP contribution in [0.1, 0.15) is 48.7 Å². The van der Waals surface area contributed by atoms with Gasteiger partial charge in [-0.3, -0.25) is 9.69 Å². The summed E-state index contributed by atoms with van der Waals surface area (Å²) in [4.78, 5) is 17.4. The Bertz CT molecular complexity index is 984. The fraction of sp³-hybridized carbons (Fsp3) is 0.500. The van der Waals surface area contributed by atoms with Crippen LogP contribution >= 0.6 is 23.2 Å². The lowest BCUT2D eigenvalue weighted by atomic mass is 10.0. The van der Waals surface area contributed by atoms with Crippen LogP contribution in [0.15, 0.2) is 24.4 Å². The van der Waals surface area contributed by atoms with Gasteiger partial charge in [-0.2, -0.15) is 10.4 Å². The van der Waals surface area contributed by atoms with Crippen LogP contribution in [0.3, 0.4) is 0 Å². The van der Waals surface area contributed by atoms with E-state index in [4.69, 9.17) is 23.2 Å². The van der Waals surface area contributed by atoms with E-state index in [9.17, 15) is 10.1 Å². The summed E-state index contributed by atoms with van der Waals surface area (Å²) >= 11 is 12.5. The number of aromatic nitrogens is 2. The van der Waals surface area contributed by atoms with E-state index in [1.165, 1.54) is 0 Å². The zero-order valence-corrected chi connectivity index (χ0v) is 18.7. The second-order valence-corrected chi connectivity index (χ2v) is 9.22. The number of piperazine rings is 1. The van der Waals surface area contributed by atoms with Crippen molar-refractivity contribution < 1.29 is 4.79 Å². The van der Waals surface area contributed by atoms with Gasteiger partial charge in [0, 0.05) is 37.1 Å². The molecule has 0 bridgehead atoms. The molecule has 1 saturated carbocycles. The molecule has 1 atom stereocenters. The lowest BCUT2D eigenvalue weighted by Gasteiger charge is -2.38. The van der Waals surface area contributed by atoms with Gasteiger partial charge in [0.25, 0.3) is 5.91 Å². The zero-order chi connectivity index (χ0) is 21.4. The first-order valence-electron chi connectivity index (χ1n) is 10.4. The van der Waals surface area contributed by atoms with Gasteiger partial charge in [-0.05, 0) is 37.0 Å². The first-order chi connectivity index (χ1) is 14.4.